The highest BCUT2D eigenvalue weighted by Gasteiger charge is 2.41. The molecule has 1 fully saturated rings. The van der Waals surface area contributed by atoms with Gasteiger partial charge in [-0.05, 0) is 38.8 Å². The van der Waals surface area contributed by atoms with E-state index in [-0.39, 0.29) is 17.7 Å². The summed E-state index contributed by atoms with van der Waals surface area (Å²) in [6, 6.07) is 0. The van der Waals surface area contributed by atoms with Crippen LogP contribution < -0.4 is 0 Å². The molecule has 22 heavy (non-hydrogen) atoms. The molecule has 0 saturated carbocycles. The van der Waals surface area contributed by atoms with Crippen LogP contribution in [-0.4, -0.2) is 55.7 Å². The summed E-state index contributed by atoms with van der Waals surface area (Å²) in [5, 5.41) is 11.5. The van der Waals surface area contributed by atoms with Gasteiger partial charge in [0.15, 0.2) is 0 Å². The number of amides is 1. The summed E-state index contributed by atoms with van der Waals surface area (Å²) >= 11 is 0. The smallest absolute Gasteiger partial charge is 0.410 e. The molecule has 8 nitrogen and oxygen atoms in total. The molecule has 0 aromatic carbocycles. The fourth-order valence-electron chi connectivity index (χ4n) is 2.38. The van der Waals surface area contributed by atoms with Crippen molar-refractivity contribution in [3.05, 3.63) is 5.82 Å². The first-order valence-electron chi connectivity index (χ1n) is 7.37. The van der Waals surface area contributed by atoms with E-state index in [0.717, 1.165) is 0 Å². The quantitative estimate of drug-likeness (QED) is 0.768. The maximum absolute atomic E-state index is 12.5. The third kappa shape index (κ3) is 3.61. The summed E-state index contributed by atoms with van der Waals surface area (Å²) in [7, 11) is 1.62. The second-order valence-corrected chi connectivity index (χ2v) is 6.96. The highest BCUT2D eigenvalue weighted by Crippen LogP contribution is 2.34. The Morgan fingerprint density at radius 1 is 1.23 bits per heavy atom. The van der Waals surface area contributed by atoms with Gasteiger partial charge < -0.3 is 9.64 Å². The summed E-state index contributed by atoms with van der Waals surface area (Å²) in [5.41, 5.74) is -1.08. The Morgan fingerprint density at radius 2 is 1.82 bits per heavy atom. The number of hydrogen-bond acceptors (Lipinski definition) is 6. The van der Waals surface area contributed by atoms with Crippen molar-refractivity contribution in [2.75, 3.05) is 13.1 Å². The van der Waals surface area contributed by atoms with Crippen LogP contribution >= 0.6 is 0 Å². The lowest BCUT2D eigenvalue weighted by Crippen LogP contribution is -2.47. The number of aryl methyl sites for hydroxylation is 1. The second kappa shape index (κ2) is 5.66. The number of hydrogen-bond donors (Lipinski definition) is 0. The van der Waals surface area contributed by atoms with Crippen molar-refractivity contribution >= 4 is 11.9 Å². The molecule has 0 aliphatic carbocycles. The van der Waals surface area contributed by atoms with Gasteiger partial charge in [-0.25, -0.2) is 4.79 Å². The molecular weight excluding hydrogens is 286 g/mol. The predicted molar refractivity (Wildman–Crippen MR) is 78.3 cm³/mol. The summed E-state index contributed by atoms with van der Waals surface area (Å²) in [5.74, 6) is 0.0140. The summed E-state index contributed by atoms with van der Waals surface area (Å²) in [6.07, 6.45) is 0.784. The lowest BCUT2D eigenvalue weighted by molar-refractivity contribution is 0.0120. The van der Waals surface area contributed by atoms with E-state index in [9.17, 15) is 9.59 Å². The van der Waals surface area contributed by atoms with Crippen molar-refractivity contribution in [1.29, 1.82) is 0 Å². The average Bonchev–Trinajstić information content (AvgIpc) is 2.83. The number of Topliss-reactive ketones (excluding diaryl/α,β-unsaturated/α-hetero) is 1. The Balaban J connectivity index is 1.98. The third-order valence-electron chi connectivity index (χ3n) is 3.78. The van der Waals surface area contributed by atoms with Crippen molar-refractivity contribution < 1.29 is 14.3 Å². The first-order chi connectivity index (χ1) is 10.1. The molecule has 0 unspecified atom stereocenters. The third-order valence-corrected chi connectivity index (χ3v) is 3.78. The van der Waals surface area contributed by atoms with Crippen LogP contribution in [0.5, 0.6) is 0 Å². The first kappa shape index (κ1) is 16.4. The average molecular weight is 309 g/mol. The Bertz CT molecular complexity index is 567. The van der Waals surface area contributed by atoms with Crippen LogP contribution in [0.15, 0.2) is 0 Å². The number of ether oxygens (including phenoxy) is 1. The Labute approximate surface area is 129 Å². The molecule has 1 amide bonds. The van der Waals surface area contributed by atoms with E-state index < -0.39 is 11.0 Å². The molecule has 0 spiro atoms. The molecule has 1 saturated heterocycles. The summed E-state index contributed by atoms with van der Waals surface area (Å²) in [4.78, 5) is 27.5. The molecule has 2 heterocycles. The van der Waals surface area contributed by atoms with E-state index in [0.29, 0.717) is 25.9 Å². The molecule has 0 radical (unpaired) electrons. The largest absolute Gasteiger partial charge is 0.444 e. The van der Waals surface area contributed by atoms with Gasteiger partial charge in [0.05, 0.1) is 7.05 Å². The van der Waals surface area contributed by atoms with Crippen molar-refractivity contribution in [2.45, 2.75) is 46.1 Å². The maximum atomic E-state index is 12.5. The van der Waals surface area contributed by atoms with E-state index in [4.69, 9.17) is 4.74 Å². The predicted octanol–water partition coefficient (Wildman–Crippen LogP) is 1.43. The molecule has 2 rings (SSSR count). The van der Waals surface area contributed by atoms with Crippen molar-refractivity contribution in [3.8, 4) is 0 Å². The first-order valence-corrected chi connectivity index (χ1v) is 7.37. The van der Waals surface area contributed by atoms with Gasteiger partial charge in [-0.3, -0.25) is 4.79 Å². The number of carbonyl (C=O) groups excluding carboxylic acids is 2. The molecule has 1 aliphatic heterocycles. The number of carbonyl (C=O) groups is 2. The van der Waals surface area contributed by atoms with Gasteiger partial charge in [-0.1, -0.05) is 6.92 Å². The van der Waals surface area contributed by atoms with E-state index >= 15 is 0 Å². The van der Waals surface area contributed by atoms with Crippen LogP contribution in [0.2, 0.25) is 0 Å². The van der Waals surface area contributed by atoms with Crippen LogP contribution in [0.4, 0.5) is 4.79 Å². The molecule has 8 heteroatoms. The van der Waals surface area contributed by atoms with E-state index in [1.807, 2.05) is 27.7 Å². The molecule has 1 aromatic heterocycles. The second-order valence-electron chi connectivity index (χ2n) is 6.96. The summed E-state index contributed by atoms with van der Waals surface area (Å²) in [6.45, 7) is 8.36. The van der Waals surface area contributed by atoms with Crippen molar-refractivity contribution in [2.24, 2.45) is 12.5 Å². The normalized spacial score (nSPS) is 18.1. The zero-order valence-corrected chi connectivity index (χ0v) is 13.8. The number of rotatable bonds is 2. The number of aromatic nitrogens is 4. The fourth-order valence-corrected chi connectivity index (χ4v) is 2.38. The highest BCUT2D eigenvalue weighted by atomic mass is 16.6. The van der Waals surface area contributed by atoms with Crippen LogP contribution in [0.3, 0.4) is 0 Å². The minimum absolute atomic E-state index is 0.121. The number of likely N-dealkylation sites (tertiary alicyclic amines) is 1. The Hall–Kier alpha value is -1.99. The van der Waals surface area contributed by atoms with Crippen LogP contribution in [0, 0.1) is 5.41 Å². The van der Waals surface area contributed by atoms with Gasteiger partial charge in [-0.15, -0.1) is 10.2 Å². The lowest BCUT2D eigenvalue weighted by atomic mass is 9.76. The van der Waals surface area contributed by atoms with Crippen molar-refractivity contribution in [1.82, 2.24) is 25.1 Å². The lowest BCUT2D eigenvalue weighted by Gasteiger charge is -2.38. The minimum Gasteiger partial charge on any atom is -0.444 e. The highest BCUT2D eigenvalue weighted by molar-refractivity contribution is 5.97. The van der Waals surface area contributed by atoms with Gasteiger partial charge >= 0.3 is 6.09 Å². The Kier molecular flexibility index (Phi) is 4.21. The standard InChI is InChI=1S/C14H23N5O3/c1-13(2,3)22-12(21)19-8-6-14(4,7-9-19)10(20)11-15-17-18(5)16-11/h6-9H2,1-5H3. The van der Waals surface area contributed by atoms with Gasteiger partial charge in [0.1, 0.15) is 5.60 Å². The molecule has 122 valence electrons. The zero-order chi connectivity index (χ0) is 16.5. The topological polar surface area (TPSA) is 90.2 Å². The SMILES string of the molecule is Cn1nnc(C(=O)C2(C)CCN(C(=O)OC(C)(C)C)CC2)n1. The summed E-state index contributed by atoms with van der Waals surface area (Å²) < 4.78 is 5.36. The molecule has 1 aromatic rings. The minimum atomic E-state index is -0.568. The monoisotopic (exact) mass is 309 g/mol. The van der Waals surface area contributed by atoms with Crippen LogP contribution in [0.25, 0.3) is 0 Å². The molecule has 1 aliphatic rings. The zero-order valence-electron chi connectivity index (χ0n) is 13.8. The number of ketones is 1. The van der Waals surface area contributed by atoms with E-state index in [1.165, 1.54) is 4.80 Å². The molecular formula is C14H23N5O3. The number of nitrogens with zero attached hydrogens (tertiary/aromatic N) is 5. The number of piperidine rings is 1. The molecule has 0 N–H and O–H groups in total. The van der Waals surface area contributed by atoms with E-state index in [1.54, 1.807) is 11.9 Å². The maximum Gasteiger partial charge on any atom is 0.410 e. The fraction of sp³-hybridized carbons (Fsp3) is 0.786. The van der Waals surface area contributed by atoms with Gasteiger partial charge in [0, 0.05) is 18.5 Å². The molecule has 0 bridgehead atoms. The number of tetrazole rings is 1. The van der Waals surface area contributed by atoms with Gasteiger partial charge in [0.25, 0.3) is 0 Å². The van der Waals surface area contributed by atoms with Crippen LogP contribution in [-0.2, 0) is 11.8 Å². The van der Waals surface area contributed by atoms with Gasteiger partial charge in [-0.2, -0.15) is 4.80 Å². The van der Waals surface area contributed by atoms with E-state index in [2.05, 4.69) is 15.4 Å². The van der Waals surface area contributed by atoms with Crippen molar-refractivity contribution in [3.63, 3.8) is 0 Å². The van der Waals surface area contributed by atoms with Crippen LogP contribution in [0.1, 0.15) is 51.2 Å². The Morgan fingerprint density at radius 3 is 2.27 bits per heavy atom. The molecule has 0 atom stereocenters. The van der Waals surface area contributed by atoms with Gasteiger partial charge in [0.2, 0.25) is 11.6 Å².